The molecule has 6 heteroatoms. The fourth-order valence-corrected chi connectivity index (χ4v) is 2.51. The van der Waals surface area contributed by atoms with Crippen LogP contribution in [0.15, 0.2) is 0 Å². The third-order valence-electron chi connectivity index (χ3n) is 3.95. The zero-order valence-electron chi connectivity index (χ0n) is 15.0. The van der Waals surface area contributed by atoms with Crippen LogP contribution in [0.2, 0.25) is 0 Å². The van der Waals surface area contributed by atoms with E-state index in [1.165, 1.54) is 77.5 Å². The fraction of sp³-hybridized carbons (Fsp3) is 0.889. The average Bonchev–Trinajstić information content (AvgIpc) is 3.01. The normalized spacial score (nSPS) is 17.8. The van der Waals surface area contributed by atoms with Gasteiger partial charge in [0.15, 0.2) is 0 Å². The van der Waals surface area contributed by atoms with Gasteiger partial charge in [0.25, 0.3) is 0 Å². The summed E-state index contributed by atoms with van der Waals surface area (Å²) in [7, 11) is 0. The smallest absolute Gasteiger partial charge is 0.303 e. The Morgan fingerprint density at radius 2 is 0.875 bits per heavy atom. The summed E-state index contributed by atoms with van der Waals surface area (Å²) in [6, 6.07) is 0. The molecule has 2 saturated heterocycles. The van der Waals surface area contributed by atoms with E-state index in [4.69, 9.17) is 10.2 Å². The summed E-state index contributed by atoms with van der Waals surface area (Å²) in [5.74, 6) is -1.74. The molecule has 4 N–H and O–H groups in total. The second-order valence-electron chi connectivity index (χ2n) is 6.32. The maximum atomic E-state index is 9.90. The maximum absolute atomic E-state index is 9.90. The molecule has 2 aliphatic heterocycles. The van der Waals surface area contributed by atoms with Crippen molar-refractivity contribution in [1.29, 1.82) is 0 Å². The molecule has 0 saturated carbocycles. The highest BCUT2D eigenvalue weighted by Gasteiger charge is 1.99. The van der Waals surface area contributed by atoms with Crippen LogP contribution < -0.4 is 10.6 Å². The molecule has 0 atom stereocenters. The Kier molecular flexibility index (Phi) is 17.3. The van der Waals surface area contributed by atoms with Crippen LogP contribution in [0.25, 0.3) is 0 Å². The van der Waals surface area contributed by atoms with Gasteiger partial charge >= 0.3 is 11.9 Å². The van der Waals surface area contributed by atoms with E-state index in [0.717, 1.165) is 0 Å². The van der Waals surface area contributed by atoms with Crippen molar-refractivity contribution in [2.24, 2.45) is 0 Å². The van der Waals surface area contributed by atoms with Crippen LogP contribution in [0, 0.1) is 0 Å². The average molecular weight is 344 g/mol. The summed E-state index contributed by atoms with van der Waals surface area (Å²) in [6.45, 7) is 5.00. The lowest BCUT2D eigenvalue weighted by molar-refractivity contribution is -0.139. The standard InChI is InChI=1S/2C6H13N.C6H10O4/c2*1-2-4-6-7-5-3-1;7-5(8)3-1-2-4-6(9)10/h2*7H,1-6H2;1-4H2,(H,7,8)(H,9,10). The van der Waals surface area contributed by atoms with Gasteiger partial charge in [-0.25, -0.2) is 0 Å². The van der Waals surface area contributed by atoms with Gasteiger partial charge in [0, 0.05) is 12.8 Å². The first-order valence-electron chi connectivity index (χ1n) is 9.48. The minimum atomic E-state index is -0.870. The molecule has 0 aliphatic carbocycles. The highest BCUT2D eigenvalue weighted by atomic mass is 16.4. The zero-order valence-corrected chi connectivity index (χ0v) is 15.0. The number of hydrogen-bond acceptors (Lipinski definition) is 4. The van der Waals surface area contributed by atoms with Gasteiger partial charge in [-0.05, 0) is 64.7 Å². The number of aliphatic carboxylic acids is 2. The number of nitrogens with one attached hydrogen (secondary N) is 2. The monoisotopic (exact) mass is 344 g/mol. The summed E-state index contributed by atoms with van der Waals surface area (Å²) < 4.78 is 0. The Morgan fingerprint density at radius 1 is 0.583 bits per heavy atom. The van der Waals surface area contributed by atoms with Crippen molar-refractivity contribution >= 4 is 11.9 Å². The number of unbranched alkanes of at least 4 members (excludes halogenated alkanes) is 1. The first-order valence-corrected chi connectivity index (χ1v) is 9.48. The molecule has 0 aromatic heterocycles. The molecular weight excluding hydrogens is 308 g/mol. The van der Waals surface area contributed by atoms with Crippen molar-refractivity contribution in [1.82, 2.24) is 10.6 Å². The third-order valence-corrected chi connectivity index (χ3v) is 3.95. The van der Waals surface area contributed by atoms with E-state index in [1.54, 1.807) is 0 Å². The lowest BCUT2D eigenvalue weighted by Crippen LogP contribution is -2.12. The lowest BCUT2D eigenvalue weighted by Gasteiger charge is -1.92. The molecule has 0 radical (unpaired) electrons. The van der Waals surface area contributed by atoms with Gasteiger partial charge in [-0.15, -0.1) is 0 Å². The molecular formula is C18H36N2O4. The predicted molar refractivity (Wildman–Crippen MR) is 96.4 cm³/mol. The van der Waals surface area contributed by atoms with Crippen LogP contribution in [0.5, 0.6) is 0 Å². The topological polar surface area (TPSA) is 98.7 Å². The van der Waals surface area contributed by atoms with Gasteiger partial charge in [-0.3, -0.25) is 9.59 Å². The van der Waals surface area contributed by atoms with Crippen LogP contribution >= 0.6 is 0 Å². The maximum Gasteiger partial charge on any atom is 0.303 e. The van der Waals surface area contributed by atoms with Crippen LogP contribution in [0.1, 0.15) is 77.0 Å². The first-order chi connectivity index (χ1) is 11.6. The van der Waals surface area contributed by atoms with E-state index in [1.807, 2.05) is 0 Å². The van der Waals surface area contributed by atoms with Crippen molar-refractivity contribution in [3.63, 3.8) is 0 Å². The SMILES string of the molecule is C1CCCNCC1.C1CCCNCC1.O=C(O)CCCCC(=O)O. The van der Waals surface area contributed by atoms with Gasteiger partial charge in [0.1, 0.15) is 0 Å². The molecule has 2 heterocycles. The molecule has 0 bridgehead atoms. The summed E-state index contributed by atoms with van der Waals surface area (Å²) in [6.07, 6.45) is 12.3. The number of carbonyl (C=O) groups is 2. The summed E-state index contributed by atoms with van der Waals surface area (Å²) in [5.41, 5.74) is 0. The summed E-state index contributed by atoms with van der Waals surface area (Å²) in [4.78, 5) is 19.8. The molecule has 0 unspecified atom stereocenters. The lowest BCUT2D eigenvalue weighted by atomic mass is 10.2. The van der Waals surface area contributed by atoms with Gasteiger partial charge in [-0.2, -0.15) is 0 Å². The number of carboxylic acids is 2. The molecule has 2 fully saturated rings. The molecule has 0 amide bonds. The van der Waals surface area contributed by atoms with Gasteiger partial charge in [0.2, 0.25) is 0 Å². The minimum Gasteiger partial charge on any atom is -0.481 e. The molecule has 2 aliphatic rings. The van der Waals surface area contributed by atoms with Gasteiger partial charge < -0.3 is 20.8 Å². The van der Waals surface area contributed by atoms with Crippen molar-refractivity contribution in [3.8, 4) is 0 Å². The molecule has 6 nitrogen and oxygen atoms in total. The first kappa shape index (κ1) is 22.9. The van der Waals surface area contributed by atoms with E-state index in [0.29, 0.717) is 12.8 Å². The molecule has 24 heavy (non-hydrogen) atoms. The van der Waals surface area contributed by atoms with Crippen LogP contribution in [-0.2, 0) is 9.59 Å². The number of carboxylic acid groups (broad SMARTS) is 2. The Labute approximate surface area is 146 Å². The van der Waals surface area contributed by atoms with Crippen LogP contribution in [0.3, 0.4) is 0 Å². The van der Waals surface area contributed by atoms with Crippen molar-refractivity contribution in [3.05, 3.63) is 0 Å². The molecule has 2 rings (SSSR count). The summed E-state index contributed by atoms with van der Waals surface area (Å²) >= 11 is 0. The Balaban J connectivity index is 0.000000337. The molecule has 142 valence electrons. The zero-order chi connectivity index (χ0) is 17.9. The summed E-state index contributed by atoms with van der Waals surface area (Å²) in [5, 5.41) is 23.0. The van der Waals surface area contributed by atoms with Crippen LogP contribution in [-0.4, -0.2) is 48.3 Å². The molecule has 0 aromatic carbocycles. The minimum absolute atomic E-state index is 0.0628. The second kappa shape index (κ2) is 18.2. The Hall–Kier alpha value is -1.14. The second-order valence-corrected chi connectivity index (χ2v) is 6.32. The van der Waals surface area contributed by atoms with Gasteiger partial charge in [0.05, 0.1) is 0 Å². The quantitative estimate of drug-likeness (QED) is 0.572. The largest absolute Gasteiger partial charge is 0.481 e. The molecule has 0 spiro atoms. The fourth-order valence-electron chi connectivity index (χ4n) is 2.51. The van der Waals surface area contributed by atoms with Crippen LogP contribution in [0.4, 0.5) is 0 Å². The predicted octanol–water partition coefficient (Wildman–Crippen LogP) is 3.02. The third kappa shape index (κ3) is 20.9. The van der Waals surface area contributed by atoms with E-state index >= 15 is 0 Å². The van der Waals surface area contributed by atoms with Gasteiger partial charge in [-0.1, -0.05) is 25.7 Å². The van der Waals surface area contributed by atoms with E-state index < -0.39 is 11.9 Å². The molecule has 0 aromatic rings. The van der Waals surface area contributed by atoms with Crippen molar-refractivity contribution < 1.29 is 19.8 Å². The highest BCUT2D eigenvalue weighted by molar-refractivity contribution is 5.67. The number of rotatable bonds is 5. The Bertz CT molecular complexity index is 242. The number of hydrogen-bond donors (Lipinski definition) is 4. The van der Waals surface area contributed by atoms with Crippen molar-refractivity contribution in [2.45, 2.75) is 77.0 Å². The van der Waals surface area contributed by atoms with E-state index in [-0.39, 0.29) is 12.8 Å². The highest BCUT2D eigenvalue weighted by Crippen LogP contribution is 2.01. The van der Waals surface area contributed by atoms with E-state index in [2.05, 4.69) is 10.6 Å². The van der Waals surface area contributed by atoms with E-state index in [9.17, 15) is 9.59 Å². The Morgan fingerprint density at radius 3 is 1.12 bits per heavy atom. The van der Waals surface area contributed by atoms with Crippen molar-refractivity contribution in [2.75, 3.05) is 26.2 Å².